The molecule has 1 atom stereocenters. The molecule has 0 spiro atoms. The van der Waals surface area contributed by atoms with Gasteiger partial charge in [0.1, 0.15) is 0 Å². The summed E-state index contributed by atoms with van der Waals surface area (Å²) in [7, 11) is 1.58. The van der Waals surface area contributed by atoms with E-state index in [9.17, 15) is 4.79 Å². The molecule has 1 fully saturated rings. The molecule has 1 aromatic rings. The first-order valence-corrected chi connectivity index (χ1v) is 6.78. The summed E-state index contributed by atoms with van der Waals surface area (Å²) in [5, 5.41) is 10.7. The highest BCUT2D eigenvalue weighted by Crippen LogP contribution is 2.26. The highest BCUT2D eigenvalue weighted by Gasteiger charge is 2.25. The predicted molar refractivity (Wildman–Crippen MR) is 74.1 cm³/mol. The van der Waals surface area contributed by atoms with Crippen LogP contribution in [0.15, 0.2) is 12.1 Å². The molecule has 1 aliphatic rings. The van der Waals surface area contributed by atoms with Crippen molar-refractivity contribution in [2.24, 2.45) is 5.73 Å². The van der Waals surface area contributed by atoms with Crippen LogP contribution in [0.2, 0.25) is 0 Å². The molecule has 2 rings (SSSR count). The third kappa shape index (κ3) is 3.20. The highest BCUT2D eigenvalue weighted by atomic mass is 16.1. The second-order valence-corrected chi connectivity index (χ2v) is 4.78. The van der Waals surface area contributed by atoms with Gasteiger partial charge in [-0.05, 0) is 44.4 Å². The molecule has 0 saturated carbocycles. The topological polar surface area (TPSA) is 84.1 Å². The minimum atomic E-state index is -0.208. The Bertz CT molecular complexity index is 420. The molecule has 0 radical (unpaired) electrons. The van der Waals surface area contributed by atoms with E-state index in [-0.39, 0.29) is 5.91 Å². The van der Waals surface area contributed by atoms with E-state index >= 15 is 0 Å². The van der Waals surface area contributed by atoms with Crippen LogP contribution >= 0.6 is 0 Å². The molecule has 1 aliphatic heterocycles. The maximum absolute atomic E-state index is 11.4. The molecule has 2 heterocycles. The van der Waals surface area contributed by atoms with E-state index in [0.29, 0.717) is 11.7 Å². The van der Waals surface area contributed by atoms with Gasteiger partial charge in [-0.25, -0.2) is 0 Å². The fourth-order valence-corrected chi connectivity index (χ4v) is 2.52. The van der Waals surface area contributed by atoms with Gasteiger partial charge in [0.2, 0.25) is 0 Å². The zero-order valence-corrected chi connectivity index (χ0v) is 11.3. The van der Waals surface area contributed by atoms with Crippen LogP contribution in [0.3, 0.4) is 0 Å². The number of carbonyl (C=O) groups is 1. The fraction of sp³-hybridized carbons (Fsp3) is 0.615. The Morgan fingerprint density at radius 3 is 3.00 bits per heavy atom. The molecule has 104 valence electrons. The predicted octanol–water partition coefficient (Wildman–Crippen LogP) is 0.544. The lowest BCUT2D eigenvalue weighted by atomic mass is 10.1. The second kappa shape index (κ2) is 6.47. The van der Waals surface area contributed by atoms with E-state index < -0.39 is 0 Å². The third-order valence-corrected chi connectivity index (χ3v) is 3.52. The minimum Gasteiger partial charge on any atom is -0.354 e. The van der Waals surface area contributed by atoms with E-state index in [4.69, 9.17) is 5.73 Å². The molecule has 0 bridgehead atoms. The van der Waals surface area contributed by atoms with Crippen LogP contribution in [-0.4, -0.2) is 42.3 Å². The summed E-state index contributed by atoms with van der Waals surface area (Å²) in [5.41, 5.74) is 5.92. The first-order valence-electron chi connectivity index (χ1n) is 6.78. The van der Waals surface area contributed by atoms with Crippen molar-refractivity contribution in [3.63, 3.8) is 0 Å². The van der Waals surface area contributed by atoms with Gasteiger partial charge in [-0.3, -0.25) is 4.79 Å². The largest absolute Gasteiger partial charge is 0.354 e. The van der Waals surface area contributed by atoms with Gasteiger partial charge in [0.05, 0.1) is 0 Å². The lowest BCUT2D eigenvalue weighted by Crippen LogP contribution is -2.31. The van der Waals surface area contributed by atoms with Crippen molar-refractivity contribution in [2.45, 2.75) is 31.7 Å². The number of carbonyl (C=O) groups excluding carboxylic acids is 1. The van der Waals surface area contributed by atoms with Crippen molar-refractivity contribution in [2.75, 3.05) is 25.0 Å². The third-order valence-electron chi connectivity index (χ3n) is 3.52. The summed E-state index contributed by atoms with van der Waals surface area (Å²) in [6.07, 6.45) is 4.48. The van der Waals surface area contributed by atoms with Crippen LogP contribution in [0.1, 0.15) is 36.2 Å². The van der Waals surface area contributed by atoms with Gasteiger partial charge in [-0.2, -0.15) is 0 Å². The van der Waals surface area contributed by atoms with Gasteiger partial charge in [0, 0.05) is 19.6 Å². The number of hydrogen-bond donors (Lipinski definition) is 2. The Morgan fingerprint density at radius 1 is 1.53 bits per heavy atom. The monoisotopic (exact) mass is 263 g/mol. The van der Waals surface area contributed by atoms with Gasteiger partial charge in [-0.15, -0.1) is 10.2 Å². The van der Waals surface area contributed by atoms with Crippen molar-refractivity contribution in [3.05, 3.63) is 17.8 Å². The number of nitrogens with zero attached hydrogens (tertiary/aromatic N) is 3. The molecule has 1 aromatic heterocycles. The van der Waals surface area contributed by atoms with Crippen LogP contribution in [-0.2, 0) is 0 Å². The SMILES string of the molecule is CNC(=O)c1ccc(N2CCCC2CCCN)nn1. The zero-order chi connectivity index (χ0) is 13.7. The number of anilines is 1. The van der Waals surface area contributed by atoms with Crippen LogP contribution in [0.5, 0.6) is 0 Å². The standard InChI is InChI=1S/C13H21N5O/c1-15-13(19)11-6-7-12(17-16-11)18-9-3-5-10(18)4-2-8-14/h6-7,10H,2-5,8-9,14H2,1H3,(H,15,19). The summed E-state index contributed by atoms with van der Waals surface area (Å²) < 4.78 is 0. The van der Waals surface area contributed by atoms with E-state index in [2.05, 4.69) is 20.4 Å². The quantitative estimate of drug-likeness (QED) is 0.810. The normalized spacial score (nSPS) is 18.6. The summed E-state index contributed by atoms with van der Waals surface area (Å²) in [5.74, 6) is 0.646. The van der Waals surface area contributed by atoms with Gasteiger partial charge >= 0.3 is 0 Å². The molecule has 3 N–H and O–H groups in total. The molecule has 19 heavy (non-hydrogen) atoms. The molecule has 0 aliphatic carbocycles. The molecule has 6 nitrogen and oxygen atoms in total. The molecule has 1 saturated heterocycles. The van der Waals surface area contributed by atoms with Crippen LogP contribution < -0.4 is 16.0 Å². The van der Waals surface area contributed by atoms with E-state index in [1.165, 1.54) is 12.8 Å². The summed E-state index contributed by atoms with van der Waals surface area (Å²) in [6.45, 7) is 1.73. The number of nitrogens with one attached hydrogen (secondary N) is 1. The lowest BCUT2D eigenvalue weighted by Gasteiger charge is -2.25. The Hall–Kier alpha value is -1.69. The van der Waals surface area contributed by atoms with Crippen LogP contribution in [0.4, 0.5) is 5.82 Å². The molecular weight excluding hydrogens is 242 g/mol. The van der Waals surface area contributed by atoms with Crippen molar-refractivity contribution in [1.29, 1.82) is 0 Å². The van der Waals surface area contributed by atoms with Gasteiger partial charge in [-0.1, -0.05) is 0 Å². The number of hydrogen-bond acceptors (Lipinski definition) is 5. The van der Waals surface area contributed by atoms with Gasteiger partial charge in [0.25, 0.3) is 5.91 Å². The molecule has 6 heteroatoms. The maximum atomic E-state index is 11.4. The first-order chi connectivity index (χ1) is 9.26. The Morgan fingerprint density at radius 2 is 2.37 bits per heavy atom. The average molecular weight is 263 g/mol. The van der Waals surface area contributed by atoms with Crippen LogP contribution in [0.25, 0.3) is 0 Å². The summed E-state index contributed by atoms with van der Waals surface area (Å²) in [6, 6.07) is 4.10. The van der Waals surface area contributed by atoms with Crippen molar-refractivity contribution >= 4 is 11.7 Å². The Balaban J connectivity index is 2.06. The van der Waals surface area contributed by atoms with Crippen LogP contribution in [0, 0.1) is 0 Å². The van der Waals surface area contributed by atoms with Crippen molar-refractivity contribution in [3.8, 4) is 0 Å². The fourth-order valence-electron chi connectivity index (χ4n) is 2.52. The highest BCUT2D eigenvalue weighted by molar-refractivity contribution is 5.91. The molecule has 0 aromatic carbocycles. The number of aromatic nitrogens is 2. The summed E-state index contributed by atoms with van der Waals surface area (Å²) in [4.78, 5) is 13.7. The smallest absolute Gasteiger partial charge is 0.271 e. The second-order valence-electron chi connectivity index (χ2n) is 4.78. The number of nitrogens with two attached hydrogens (primary N) is 1. The number of amides is 1. The molecule has 1 unspecified atom stereocenters. The molecular formula is C13H21N5O. The van der Waals surface area contributed by atoms with Crippen molar-refractivity contribution in [1.82, 2.24) is 15.5 Å². The lowest BCUT2D eigenvalue weighted by molar-refractivity contribution is 0.0957. The van der Waals surface area contributed by atoms with E-state index in [1.807, 2.05) is 6.07 Å². The van der Waals surface area contributed by atoms with Gasteiger partial charge in [0.15, 0.2) is 11.5 Å². The average Bonchev–Trinajstić information content (AvgIpc) is 2.92. The van der Waals surface area contributed by atoms with E-state index in [0.717, 1.165) is 31.7 Å². The van der Waals surface area contributed by atoms with Gasteiger partial charge < -0.3 is 16.0 Å². The maximum Gasteiger partial charge on any atom is 0.271 e. The Kier molecular flexibility index (Phi) is 4.68. The molecule has 1 amide bonds. The first kappa shape index (κ1) is 13.7. The Labute approximate surface area is 113 Å². The minimum absolute atomic E-state index is 0.208. The van der Waals surface area contributed by atoms with E-state index in [1.54, 1.807) is 13.1 Å². The summed E-state index contributed by atoms with van der Waals surface area (Å²) >= 11 is 0. The van der Waals surface area contributed by atoms with Crippen molar-refractivity contribution < 1.29 is 4.79 Å². The zero-order valence-electron chi connectivity index (χ0n) is 11.3. The number of rotatable bonds is 5.